The molecule has 0 aliphatic carbocycles. The Morgan fingerprint density at radius 3 is 2.79 bits per heavy atom. The van der Waals surface area contributed by atoms with Crippen LogP contribution in [0, 0.1) is 5.92 Å². The van der Waals surface area contributed by atoms with E-state index in [1.165, 1.54) is 5.56 Å². The number of imidazole rings is 2. The maximum Gasteiger partial charge on any atom is 0.258 e. The van der Waals surface area contributed by atoms with Crippen molar-refractivity contribution in [2.24, 2.45) is 13.0 Å². The number of amides is 1. The van der Waals surface area contributed by atoms with Crippen molar-refractivity contribution in [3.05, 3.63) is 60.2 Å². The topological polar surface area (TPSA) is 97.7 Å². The van der Waals surface area contributed by atoms with Crippen LogP contribution in [-0.4, -0.2) is 84.3 Å². The molecule has 0 unspecified atom stereocenters. The minimum absolute atomic E-state index is 0.219. The Hall–Kier alpha value is -4.22. The minimum atomic E-state index is -0.219. The monoisotopic (exact) mass is 567 g/mol. The van der Waals surface area contributed by atoms with E-state index in [0.29, 0.717) is 29.9 Å². The van der Waals surface area contributed by atoms with E-state index in [1.807, 2.05) is 23.6 Å². The molecule has 4 aromatic heterocycles. The molecule has 218 valence electrons. The quantitative estimate of drug-likeness (QED) is 0.346. The van der Waals surface area contributed by atoms with E-state index in [9.17, 15) is 4.79 Å². The van der Waals surface area contributed by atoms with Gasteiger partial charge in [0, 0.05) is 51.9 Å². The van der Waals surface area contributed by atoms with Gasteiger partial charge in [-0.05, 0) is 55.6 Å². The second-order valence-corrected chi connectivity index (χ2v) is 11.8. The van der Waals surface area contributed by atoms with Gasteiger partial charge in [0.05, 0.1) is 53.1 Å². The second kappa shape index (κ2) is 10.9. The highest BCUT2D eigenvalue weighted by atomic mass is 16.5. The zero-order chi connectivity index (χ0) is 28.8. The fourth-order valence-corrected chi connectivity index (χ4v) is 6.13. The predicted molar refractivity (Wildman–Crippen MR) is 162 cm³/mol. The van der Waals surface area contributed by atoms with E-state index < -0.39 is 0 Å². The summed E-state index contributed by atoms with van der Waals surface area (Å²) >= 11 is 0. The molecule has 2 bridgehead atoms. The number of hydrogen-bond donors (Lipinski definition) is 1. The molecule has 1 atom stereocenters. The van der Waals surface area contributed by atoms with Gasteiger partial charge in [0.15, 0.2) is 0 Å². The number of anilines is 1. The average Bonchev–Trinajstić information content (AvgIpc) is 3.69. The first-order valence-electron chi connectivity index (χ1n) is 14.8. The number of nitrogens with zero attached hydrogens (tertiary/aromatic N) is 8. The van der Waals surface area contributed by atoms with E-state index in [2.05, 4.69) is 61.9 Å². The number of ether oxygens (including phenoxy) is 1. The molecule has 2 aliphatic heterocycles. The number of aromatic nitrogens is 6. The third-order valence-electron chi connectivity index (χ3n) is 8.56. The van der Waals surface area contributed by atoms with E-state index >= 15 is 0 Å². The summed E-state index contributed by atoms with van der Waals surface area (Å²) in [4.78, 5) is 28.0. The molecule has 1 fully saturated rings. The third kappa shape index (κ3) is 5.03. The number of hydrogen-bond acceptors (Lipinski definition) is 7. The number of piperazine rings is 1. The van der Waals surface area contributed by atoms with Crippen molar-refractivity contribution < 1.29 is 9.53 Å². The van der Waals surface area contributed by atoms with Crippen molar-refractivity contribution in [3.63, 3.8) is 0 Å². The Morgan fingerprint density at radius 2 is 1.93 bits per heavy atom. The van der Waals surface area contributed by atoms with Crippen molar-refractivity contribution in [1.82, 2.24) is 38.5 Å². The van der Waals surface area contributed by atoms with Crippen LogP contribution < -0.4 is 10.1 Å². The highest BCUT2D eigenvalue weighted by Crippen LogP contribution is 2.32. The Morgan fingerprint density at radius 1 is 1.07 bits per heavy atom. The summed E-state index contributed by atoms with van der Waals surface area (Å²) < 4.78 is 12.2. The first kappa shape index (κ1) is 26.7. The number of pyridine rings is 1. The van der Waals surface area contributed by atoms with Gasteiger partial charge in [0.2, 0.25) is 11.8 Å². The molecule has 1 saturated heterocycles. The van der Waals surface area contributed by atoms with Gasteiger partial charge in [-0.15, -0.1) is 0 Å². The van der Waals surface area contributed by atoms with Crippen molar-refractivity contribution in [2.45, 2.75) is 32.9 Å². The zero-order valence-electron chi connectivity index (χ0n) is 24.5. The van der Waals surface area contributed by atoms with E-state index in [-0.39, 0.29) is 5.91 Å². The molecule has 1 N–H and O–H groups in total. The summed E-state index contributed by atoms with van der Waals surface area (Å²) in [5.41, 5.74) is 6.14. The van der Waals surface area contributed by atoms with Crippen LogP contribution >= 0.6 is 0 Å². The maximum atomic E-state index is 13.8. The lowest BCUT2D eigenvalue weighted by molar-refractivity contribution is 0.102. The van der Waals surface area contributed by atoms with Crippen LogP contribution in [0.4, 0.5) is 5.95 Å². The molecule has 1 amide bonds. The smallest absolute Gasteiger partial charge is 0.258 e. The number of rotatable bonds is 2. The summed E-state index contributed by atoms with van der Waals surface area (Å²) in [5.74, 6) is 1.38. The highest BCUT2D eigenvalue weighted by Gasteiger charge is 2.22. The lowest BCUT2D eigenvalue weighted by atomic mass is 10.1. The van der Waals surface area contributed by atoms with Crippen LogP contribution in [0.3, 0.4) is 0 Å². The first-order valence-corrected chi connectivity index (χ1v) is 14.8. The summed E-state index contributed by atoms with van der Waals surface area (Å²) in [7, 11) is 4.05. The van der Waals surface area contributed by atoms with Gasteiger partial charge in [0.1, 0.15) is 0 Å². The summed E-state index contributed by atoms with van der Waals surface area (Å²) in [5, 5.41) is 7.62. The van der Waals surface area contributed by atoms with E-state index in [1.54, 1.807) is 23.4 Å². The van der Waals surface area contributed by atoms with Crippen molar-refractivity contribution in [1.29, 1.82) is 0 Å². The molecule has 0 radical (unpaired) electrons. The van der Waals surface area contributed by atoms with E-state index in [4.69, 9.17) is 9.72 Å². The number of benzene rings is 1. The Balaban J connectivity index is 1.28. The lowest BCUT2D eigenvalue weighted by Crippen LogP contribution is -2.43. The number of carbonyl (C=O) groups is 1. The van der Waals surface area contributed by atoms with Crippen LogP contribution in [0.1, 0.15) is 35.7 Å². The molecule has 5 aromatic rings. The number of likely N-dealkylation sites (N-methyl/N-ethyl adjacent to an activating group) is 1. The van der Waals surface area contributed by atoms with Gasteiger partial charge in [-0.1, -0.05) is 13.0 Å². The minimum Gasteiger partial charge on any atom is -0.477 e. The largest absolute Gasteiger partial charge is 0.477 e. The summed E-state index contributed by atoms with van der Waals surface area (Å²) in [6.45, 7) is 8.79. The van der Waals surface area contributed by atoms with Gasteiger partial charge in [-0.2, -0.15) is 5.10 Å². The molecular formula is C31H37N9O2. The molecule has 2 aliphatic rings. The van der Waals surface area contributed by atoms with Gasteiger partial charge in [-0.3, -0.25) is 19.4 Å². The van der Waals surface area contributed by atoms with Gasteiger partial charge < -0.3 is 14.2 Å². The fourth-order valence-electron chi connectivity index (χ4n) is 6.13. The van der Waals surface area contributed by atoms with Crippen LogP contribution in [-0.2, 0) is 20.1 Å². The zero-order valence-corrected chi connectivity index (χ0v) is 24.5. The van der Waals surface area contributed by atoms with Crippen LogP contribution in [0.5, 0.6) is 5.88 Å². The number of nitrogens with one attached hydrogen (secondary N) is 1. The van der Waals surface area contributed by atoms with Gasteiger partial charge in [-0.25, -0.2) is 14.6 Å². The first-order chi connectivity index (χ1) is 20.4. The normalized spacial score (nSPS) is 19.1. The third-order valence-corrected chi connectivity index (χ3v) is 8.56. The molecule has 6 heterocycles. The van der Waals surface area contributed by atoms with Crippen molar-refractivity contribution in [3.8, 4) is 17.1 Å². The Labute approximate surface area is 244 Å². The summed E-state index contributed by atoms with van der Waals surface area (Å²) in [6, 6.07) is 10.2. The molecule has 7 rings (SSSR count). The Kier molecular flexibility index (Phi) is 6.91. The van der Waals surface area contributed by atoms with Crippen LogP contribution in [0.15, 0.2) is 49.1 Å². The molecule has 0 spiro atoms. The molecule has 11 nitrogen and oxygen atoms in total. The predicted octanol–water partition coefficient (Wildman–Crippen LogP) is 3.89. The summed E-state index contributed by atoms with van der Waals surface area (Å²) in [6.07, 6.45) is 7.16. The number of fused-ring (bicyclic) bond motifs is 9. The van der Waals surface area contributed by atoms with Gasteiger partial charge in [0.25, 0.3) is 5.91 Å². The standard InChI is InChI=1S/C31H37N9O2/c1-21-5-4-12-42-30-25(17-33-37(30)3)27-15-23(14-24-16-32-20-40(24)27)29(41)35-31-34-26-7-6-22(13-28(26)39(31)18-21)19-38-10-8-36(2)9-11-38/h6-7,13-17,20-21H,4-5,8-12,18-19H2,1-3H3,(H,34,35,41)/t21-/m1/s1. The average molecular weight is 568 g/mol. The SMILES string of the molecule is C[C@@H]1CCCOc2c(cnn2C)-c2cc(cc3cncn23)C(=O)Nc2nc3ccc(CN4CCN(C)CC4)cc3n2C1. The van der Waals surface area contributed by atoms with Crippen molar-refractivity contribution in [2.75, 3.05) is 45.2 Å². The van der Waals surface area contributed by atoms with Crippen molar-refractivity contribution >= 4 is 28.4 Å². The molecule has 0 saturated carbocycles. The van der Waals surface area contributed by atoms with Crippen LogP contribution in [0.2, 0.25) is 0 Å². The second-order valence-electron chi connectivity index (χ2n) is 11.8. The highest BCUT2D eigenvalue weighted by molar-refractivity contribution is 6.05. The lowest BCUT2D eigenvalue weighted by Gasteiger charge is -2.32. The molecular weight excluding hydrogens is 530 g/mol. The van der Waals surface area contributed by atoms with E-state index in [0.717, 1.165) is 79.9 Å². The number of carbonyl (C=O) groups excluding carboxylic acids is 1. The van der Waals surface area contributed by atoms with Crippen LogP contribution in [0.25, 0.3) is 27.8 Å². The fraction of sp³-hybridized carbons (Fsp3) is 0.419. The van der Waals surface area contributed by atoms with Gasteiger partial charge >= 0.3 is 0 Å². The maximum absolute atomic E-state index is 13.8. The molecule has 1 aromatic carbocycles. The molecule has 11 heteroatoms. The Bertz CT molecular complexity index is 1760. The molecule has 42 heavy (non-hydrogen) atoms. The number of aryl methyl sites for hydroxylation is 1.